The Balaban J connectivity index is 1.85. The van der Waals surface area contributed by atoms with Crippen LogP contribution in [0, 0.1) is 0 Å². The van der Waals surface area contributed by atoms with E-state index in [2.05, 4.69) is 5.32 Å². The quantitative estimate of drug-likeness (QED) is 0.793. The Morgan fingerprint density at radius 1 is 1.29 bits per heavy atom. The largest absolute Gasteiger partial charge is 0.389 e. The smallest absolute Gasteiger partial charge is 0.0768 e. The molecule has 0 aromatic heterocycles. The predicted molar refractivity (Wildman–Crippen MR) is 69.1 cm³/mol. The van der Waals surface area contributed by atoms with Crippen molar-refractivity contribution in [1.82, 2.24) is 5.32 Å². The topological polar surface area (TPSA) is 41.5 Å². The second-order valence-corrected chi connectivity index (χ2v) is 6.25. The second-order valence-electron chi connectivity index (χ2n) is 6.25. The highest BCUT2D eigenvalue weighted by molar-refractivity contribution is 4.93. The zero-order valence-electron chi connectivity index (χ0n) is 11.3. The molecule has 1 aliphatic heterocycles. The first-order valence-electron chi connectivity index (χ1n) is 7.10. The summed E-state index contributed by atoms with van der Waals surface area (Å²) in [6.45, 7) is 2.54. The minimum absolute atomic E-state index is 0.179. The molecule has 2 unspecified atom stereocenters. The minimum atomic E-state index is -0.639. The van der Waals surface area contributed by atoms with Crippen molar-refractivity contribution in [3.05, 3.63) is 0 Å². The molecule has 17 heavy (non-hydrogen) atoms. The normalized spacial score (nSPS) is 31.6. The molecule has 0 aromatic carbocycles. The number of rotatable bonds is 4. The third-order valence-corrected chi connectivity index (χ3v) is 4.33. The molecule has 2 aliphatic rings. The third kappa shape index (κ3) is 3.43. The lowest BCUT2D eigenvalue weighted by Gasteiger charge is -2.34. The van der Waals surface area contributed by atoms with Gasteiger partial charge in [-0.3, -0.25) is 0 Å². The van der Waals surface area contributed by atoms with Gasteiger partial charge in [-0.25, -0.2) is 0 Å². The van der Waals surface area contributed by atoms with Gasteiger partial charge in [0.05, 0.1) is 17.3 Å². The zero-order chi connectivity index (χ0) is 12.4. The van der Waals surface area contributed by atoms with Gasteiger partial charge in [0.15, 0.2) is 0 Å². The van der Waals surface area contributed by atoms with E-state index in [1.165, 1.54) is 38.5 Å². The summed E-state index contributed by atoms with van der Waals surface area (Å²) in [5.41, 5.74) is -0.460. The van der Waals surface area contributed by atoms with Crippen LogP contribution in [0.15, 0.2) is 0 Å². The van der Waals surface area contributed by atoms with E-state index in [4.69, 9.17) is 4.74 Å². The van der Waals surface area contributed by atoms with Gasteiger partial charge >= 0.3 is 0 Å². The van der Waals surface area contributed by atoms with Gasteiger partial charge < -0.3 is 15.2 Å². The van der Waals surface area contributed by atoms with Crippen molar-refractivity contribution >= 4 is 0 Å². The van der Waals surface area contributed by atoms with Crippen molar-refractivity contribution < 1.29 is 9.84 Å². The van der Waals surface area contributed by atoms with Crippen molar-refractivity contribution in [3.8, 4) is 0 Å². The molecule has 3 heteroatoms. The van der Waals surface area contributed by atoms with Gasteiger partial charge in [-0.15, -0.1) is 0 Å². The Bertz CT molecular complexity index is 247. The van der Waals surface area contributed by atoms with Crippen LogP contribution in [-0.4, -0.2) is 36.0 Å². The molecule has 3 nitrogen and oxygen atoms in total. The van der Waals surface area contributed by atoms with Crippen LogP contribution < -0.4 is 5.32 Å². The maximum absolute atomic E-state index is 10.2. The van der Waals surface area contributed by atoms with Crippen LogP contribution in [0.25, 0.3) is 0 Å². The number of hydrogen-bond donors (Lipinski definition) is 2. The van der Waals surface area contributed by atoms with Crippen molar-refractivity contribution in [2.24, 2.45) is 0 Å². The van der Waals surface area contributed by atoms with Gasteiger partial charge in [0.25, 0.3) is 0 Å². The fourth-order valence-electron chi connectivity index (χ4n) is 3.55. The number of likely N-dealkylation sites (N-methyl/N-ethyl adjacent to an activating group) is 1. The van der Waals surface area contributed by atoms with E-state index in [9.17, 15) is 5.11 Å². The molecule has 1 saturated heterocycles. The van der Waals surface area contributed by atoms with Crippen LogP contribution in [0.5, 0.6) is 0 Å². The van der Waals surface area contributed by atoms with Gasteiger partial charge in [-0.05, 0) is 39.7 Å². The molecule has 1 heterocycles. The van der Waals surface area contributed by atoms with E-state index in [1.807, 2.05) is 14.0 Å². The molecular weight excluding hydrogens is 214 g/mol. The Labute approximate surface area is 105 Å². The lowest BCUT2D eigenvalue weighted by atomic mass is 9.83. The molecule has 0 radical (unpaired) electrons. The Morgan fingerprint density at radius 3 is 2.65 bits per heavy atom. The number of nitrogens with one attached hydrogen (secondary N) is 1. The Morgan fingerprint density at radius 2 is 2.00 bits per heavy atom. The molecule has 0 bridgehead atoms. The molecule has 1 spiro atoms. The van der Waals surface area contributed by atoms with E-state index >= 15 is 0 Å². The van der Waals surface area contributed by atoms with Crippen LogP contribution in [0.3, 0.4) is 0 Å². The summed E-state index contributed by atoms with van der Waals surface area (Å²) in [4.78, 5) is 0. The van der Waals surface area contributed by atoms with E-state index in [0.29, 0.717) is 6.54 Å². The van der Waals surface area contributed by atoms with E-state index < -0.39 is 5.60 Å². The fraction of sp³-hybridized carbons (Fsp3) is 1.00. The van der Waals surface area contributed by atoms with Crippen molar-refractivity contribution in [2.75, 3.05) is 13.6 Å². The highest BCUT2D eigenvalue weighted by Gasteiger charge is 2.42. The van der Waals surface area contributed by atoms with Gasteiger partial charge in [-0.2, -0.15) is 0 Å². The SMILES string of the molecule is CNCC(C)(O)CC1CCC2(CCCCC2)O1. The zero-order valence-corrected chi connectivity index (χ0v) is 11.3. The van der Waals surface area contributed by atoms with Crippen LogP contribution in [0.4, 0.5) is 0 Å². The van der Waals surface area contributed by atoms with Gasteiger partial charge in [0.2, 0.25) is 0 Å². The van der Waals surface area contributed by atoms with Gasteiger partial charge in [0.1, 0.15) is 0 Å². The fourth-order valence-corrected chi connectivity index (χ4v) is 3.55. The van der Waals surface area contributed by atoms with Crippen molar-refractivity contribution in [3.63, 3.8) is 0 Å². The number of hydrogen-bond acceptors (Lipinski definition) is 3. The maximum Gasteiger partial charge on any atom is 0.0768 e. The number of aliphatic hydroxyl groups is 1. The van der Waals surface area contributed by atoms with E-state index in [0.717, 1.165) is 12.8 Å². The molecule has 0 amide bonds. The first kappa shape index (κ1) is 13.3. The molecule has 1 aliphatic carbocycles. The molecule has 2 atom stereocenters. The maximum atomic E-state index is 10.2. The third-order valence-electron chi connectivity index (χ3n) is 4.33. The molecule has 0 aromatic rings. The van der Waals surface area contributed by atoms with Crippen molar-refractivity contribution in [2.45, 2.75) is 75.6 Å². The van der Waals surface area contributed by atoms with Crippen LogP contribution in [0.2, 0.25) is 0 Å². The molecule has 100 valence electrons. The average molecular weight is 241 g/mol. The highest BCUT2D eigenvalue weighted by Crippen LogP contribution is 2.43. The average Bonchev–Trinajstić information content (AvgIpc) is 2.61. The molecule has 2 N–H and O–H groups in total. The first-order valence-corrected chi connectivity index (χ1v) is 7.10. The Kier molecular flexibility index (Phi) is 4.11. The summed E-state index contributed by atoms with van der Waals surface area (Å²) in [5, 5.41) is 13.3. The summed E-state index contributed by atoms with van der Waals surface area (Å²) in [6, 6.07) is 0. The molecular formula is C14H27NO2. The predicted octanol–water partition coefficient (Wildman–Crippen LogP) is 2.23. The Hall–Kier alpha value is -0.120. The van der Waals surface area contributed by atoms with E-state index in [1.54, 1.807) is 0 Å². The lowest BCUT2D eigenvalue weighted by Crippen LogP contribution is -2.40. The van der Waals surface area contributed by atoms with E-state index in [-0.39, 0.29) is 11.7 Å². The van der Waals surface area contributed by atoms with Gasteiger partial charge in [-0.1, -0.05) is 19.3 Å². The summed E-state index contributed by atoms with van der Waals surface area (Å²) in [5.74, 6) is 0. The molecule has 2 rings (SSSR count). The first-order chi connectivity index (χ1) is 8.05. The molecule has 1 saturated carbocycles. The standard InChI is InChI=1S/C14H27NO2/c1-13(16,11-15-2)10-12-6-9-14(17-12)7-4-3-5-8-14/h12,15-16H,3-11H2,1-2H3. The highest BCUT2D eigenvalue weighted by atomic mass is 16.5. The van der Waals surface area contributed by atoms with Crippen LogP contribution in [0.1, 0.15) is 58.3 Å². The second kappa shape index (κ2) is 5.25. The van der Waals surface area contributed by atoms with Crippen LogP contribution >= 0.6 is 0 Å². The lowest BCUT2D eigenvalue weighted by molar-refractivity contribution is -0.0886. The van der Waals surface area contributed by atoms with Crippen LogP contribution in [-0.2, 0) is 4.74 Å². The summed E-state index contributed by atoms with van der Waals surface area (Å²) in [6.07, 6.45) is 9.82. The summed E-state index contributed by atoms with van der Waals surface area (Å²) in [7, 11) is 1.88. The summed E-state index contributed by atoms with van der Waals surface area (Å²) < 4.78 is 6.28. The van der Waals surface area contributed by atoms with Crippen molar-refractivity contribution in [1.29, 1.82) is 0 Å². The monoisotopic (exact) mass is 241 g/mol. The summed E-state index contributed by atoms with van der Waals surface area (Å²) >= 11 is 0. The molecule has 2 fully saturated rings. The van der Waals surface area contributed by atoms with Gasteiger partial charge in [0, 0.05) is 13.0 Å². The number of ether oxygens (including phenoxy) is 1. The minimum Gasteiger partial charge on any atom is -0.389 e.